The van der Waals surface area contributed by atoms with Crippen molar-refractivity contribution in [1.82, 2.24) is 9.88 Å². The number of hydrogen-bond acceptors (Lipinski definition) is 5. The Labute approximate surface area is 173 Å². The van der Waals surface area contributed by atoms with E-state index in [4.69, 9.17) is 5.11 Å². The second kappa shape index (κ2) is 12.9. The maximum Gasteiger partial charge on any atom is 0.355 e. The first-order chi connectivity index (χ1) is 13.3. The zero-order valence-corrected chi connectivity index (χ0v) is 18.5. The van der Waals surface area contributed by atoms with E-state index >= 15 is 0 Å². The molecular formula is C21H36N2O4S. The minimum absolute atomic E-state index is 0.0457. The molecule has 1 aromatic heterocycles. The van der Waals surface area contributed by atoms with Gasteiger partial charge < -0.3 is 15.1 Å². The molecule has 0 fully saturated rings. The molecule has 2 atom stereocenters. The predicted octanol–water partition coefficient (Wildman–Crippen LogP) is 4.89. The molecule has 1 heterocycles. The van der Waals surface area contributed by atoms with Gasteiger partial charge in [0.2, 0.25) is 5.91 Å². The highest BCUT2D eigenvalue weighted by Gasteiger charge is 2.29. The van der Waals surface area contributed by atoms with Crippen molar-refractivity contribution in [3.8, 4) is 0 Å². The first-order valence-electron chi connectivity index (χ1n) is 10.5. The number of rotatable bonds is 14. The van der Waals surface area contributed by atoms with Crippen LogP contribution in [0.3, 0.4) is 0 Å². The van der Waals surface area contributed by atoms with Gasteiger partial charge in [0.1, 0.15) is 11.1 Å². The molecule has 0 saturated carbocycles. The number of carboxylic acids is 1. The lowest BCUT2D eigenvalue weighted by Crippen LogP contribution is -2.44. The van der Waals surface area contributed by atoms with E-state index < -0.39 is 12.1 Å². The smallest absolute Gasteiger partial charge is 0.355 e. The summed E-state index contributed by atoms with van der Waals surface area (Å²) in [6.07, 6.45) is 6.23. The Hall–Kier alpha value is -1.47. The zero-order chi connectivity index (χ0) is 21.1. The first-order valence-corrected chi connectivity index (χ1v) is 11.4. The summed E-state index contributed by atoms with van der Waals surface area (Å²) in [6.45, 7) is 9.07. The van der Waals surface area contributed by atoms with E-state index in [0.29, 0.717) is 24.4 Å². The summed E-state index contributed by atoms with van der Waals surface area (Å²) in [5.74, 6) is -0.762. The van der Waals surface area contributed by atoms with Crippen LogP contribution in [0.4, 0.5) is 0 Å². The fraction of sp³-hybridized carbons (Fsp3) is 0.762. The van der Waals surface area contributed by atoms with Gasteiger partial charge in [-0.05, 0) is 18.8 Å². The molecule has 0 saturated heterocycles. The van der Waals surface area contributed by atoms with Crippen molar-refractivity contribution in [2.75, 3.05) is 6.54 Å². The van der Waals surface area contributed by atoms with Gasteiger partial charge in [-0.2, -0.15) is 0 Å². The lowest BCUT2D eigenvalue weighted by molar-refractivity contribution is -0.135. The van der Waals surface area contributed by atoms with E-state index in [0.717, 1.165) is 49.9 Å². The minimum Gasteiger partial charge on any atom is -0.476 e. The van der Waals surface area contributed by atoms with Crippen LogP contribution in [0.5, 0.6) is 0 Å². The number of hydrogen-bond donors (Lipinski definition) is 2. The van der Waals surface area contributed by atoms with Crippen LogP contribution in [0.25, 0.3) is 0 Å². The van der Waals surface area contributed by atoms with Gasteiger partial charge in [0.25, 0.3) is 0 Å². The van der Waals surface area contributed by atoms with Crippen LogP contribution in [0.15, 0.2) is 5.38 Å². The maximum absolute atomic E-state index is 12.9. The molecule has 0 radical (unpaired) electrons. The highest BCUT2D eigenvalue weighted by atomic mass is 32.1. The van der Waals surface area contributed by atoms with Gasteiger partial charge in [0.05, 0.1) is 0 Å². The van der Waals surface area contributed by atoms with Crippen molar-refractivity contribution in [3.05, 3.63) is 16.1 Å². The van der Waals surface area contributed by atoms with Crippen LogP contribution >= 0.6 is 11.3 Å². The van der Waals surface area contributed by atoms with Gasteiger partial charge in [-0.25, -0.2) is 9.78 Å². The van der Waals surface area contributed by atoms with Crippen LogP contribution in [0.1, 0.15) is 101 Å². The average Bonchev–Trinajstić information content (AvgIpc) is 3.15. The van der Waals surface area contributed by atoms with E-state index in [1.807, 2.05) is 4.90 Å². The van der Waals surface area contributed by atoms with E-state index in [-0.39, 0.29) is 23.6 Å². The third-order valence-corrected chi connectivity index (χ3v) is 5.92. The van der Waals surface area contributed by atoms with Crippen LogP contribution in [-0.2, 0) is 4.79 Å². The molecule has 1 amide bonds. The quantitative estimate of drug-likeness (QED) is 0.425. The number of carbonyl (C=O) groups is 2. The van der Waals surface area contributed by atoms with Crippen molar-refractivity contribution in [1.29, 1.82) is 0 Å². The summed E-state index contributed by atoms with van der Waals surface area (Å²) < 4.78 is 0. The number of amides is 1. The monoisotopic (exact) mass is 412 g/mol. The fourth-order valence-corrected chi connectivity index (χ4v) is 4.07. The summed E-state index contributed by atoms with van der Waals surface area (Å²) in [5, 5.41) is 21.6. The zero-order valence-electron chi connectivity index (χ0n) is 17.7. The highest BCUT2D eigenvalue weighted by Crippen LogP contribution is 2.28. The Morgan fingerprint density at radius 1 is 1.14 bits per heavy atom. The number of nitrogens with zero attached hydrogens (tertiary/aromatic N) is 2. The molecular weight excluding hydrogens is 376 g/mol. The van der Waals surface area contributed by atoms with Gasteiger partial charge in [-0.1, -0.05) is 53.4 Å². The average molecular weight is 413 g/mol. The van der Waals surface area contributed by atoms with E-state index in [1.54, 1.807) is 0 Å². The van der Waals surface area contributed by atoms with Crippen LogP contribution in [-0.4, -0.2) is 44.6 Å². The molecule has 1 aromatic rings. The third kappa shape index (κ3) is 7.87. The first kappa shape index (κ1) is 24.6. The van der Waals surface area contributed by atoms with Crippen molar-refractivity contribution >= 4 is 23.2 Å². The van der Waals surface area contributed by atoms with Crippen molar-refractivity contribution in [2.45, 2.75) is 91.2 Å². The van der Waals surface area contributed by atoms with Gasteiger partial charge >= 0.3 is 5.97 Å². The molecule has 160 valence electrons. The Morgan fingerprint density at radius 2 is 1.82 bits per heavy atom. The maximum atomic E-state index is 12.9. The molecule has 0 aliphatic heterocycles. The van der Waals surface area contributed by atoms with Crippen molar-refractivity contribution in [3.63, 3.8) is 0 Å². The lowest BCUT2D eigenvalue weighted by atomic mass is 9.95. The molecule has 2 N–H and O–H groups in total. The number of aromatic carboxylic acids is 1. The molecule has 0 aliphatic rings. The number of aromatic nitrogens is 1. The minimum atomic E-state index is -1.09. The van der Waals surface area contributed by atoms with E-state index in [1.165, 1.54) is 5.38 Å². The molecule has 0 aliphatic carbocycles. The largest absolute Gasteiger partial charge is 0.476 e. The topological polar surface area (TPSA) is 90.7 Å². The van der Waals surface area contributed by atoms with Gasteiger partial charge in [0, 0.05) is 30.8 Å². The summed E-state index contributed by atoms with van der Waals surface area (Å²) >= 11 is 1.15. The Morgan fingerprint density at radius 3 is 2.36 bits per heavy atom. The second-order valence-electron chi connectivity index (χ2n) is 7.69. The second-order valence-corrected chi connectivity index (χ2v) is 8.58. The predicted molar refractivity (Wildman–Crippen MR) is 113 cm³/mol. The summed E-state index contributed by atoms with van der Waals surface area (Å²) in [5.41, 5.74) is -0.0457. The van der Waals surface area contributed by atoms with E-state index in [2.05, 4.69) is 32.7 Å². The number of unbranched alkanes of at least 4 members (excludes halogenated alkanes) is 4. The lowest BCUT2D eigenvalue weighted by Gasteiger charge is -2.36. The van der Waals surface area contributed by atoms with Crippen molar-refractivity contribution < 1.29 is 19.8 Å². The Bertz CT molecular complexity index is 603. The van der Waals surface area contributed by atoms with Crippen molar-refractivity contribution in [2.24, 2.45) is 5.92 Å². The summed E-state index contributed by atoms with van der Waals surface area (Å²) in [6, 6.07) is -0.0989. The normalized spacial score (nSPS) is 13.5. The summed E-state index contributed by atoms with van der Waals surface area (Å²) in [7, 11) is 0. The molecule has 0 bridgehead atoms. The Kier molecular flexibility index (Phi) is 11.3. The van der Waals surface area contributed by atoms with Gasteiger partial charge in [-0.3, -0.25) is 4.79 Å². The molecule has 0 aromatic carbocycles. The van der Waals surface area contributed by atoms with E-state index in [9.17, 15) is 14.7 Å². The fourth-order valence-electron chi connectivity index (χ4n) is 3.28. The molecule has 2 unspecified atom stereocenters. The number of thiazole rings is 1. The van der Waals surface area contributed by atoms with Crippen LogP contribution in [0, 0.1) is 5.92 Å². The number of carbonyl (C=O) groups excluding carboxylic acids is 1. The molecule has 1 rings (SSSR count). The number of aliphatic hydroxyl groups is 1. The molecule has 6 nitrogen and oxygen atoms in total. The number of carboxylic acid groups (broad SMARTS) is 1. The standard InChI is InChI=1S/C21H36N2O4S/c1-5-7-9-10-12-23(19(25)11-8-6-2)17(15(3)4)13-18(24)20-22-16(14-28-20)21(26)27/h14-15,17-18,24H,5-13H2,1-4H3,(H,26,27). The molecule has 7 heteroatoms. The SMILES string of the molecule is CCCCCCN(C(=O)CCCC)C(CC(O)c1nc(C(=O)O)cs1)C(C)C. The van der Waals surface area contributed by atoms with Gasteiger partial charge in [-0.15, -0.1) is 11.3 Å². The summed E-state index contributed by atoms with van der Waals surface area (Å²) in [4.78, 5) is 29.9. The molecule has 0 spiro atoms. The number of aliphatic hydroxyl groups excluding tert-OH is 1. The third-order valence-electron chi connectivity index (χ3n) is 4.98. The Balaban J connectivity index is 2.91. The van der Waals surface area contributed by atoms with Crippen LogP contribution in [0.2, 0.25) is 0 Å². The molecule has 28 heavy (non-hydrogen) atoms. The van der Waals surface area contributed by atoms with Gasteiger partial charge in [0.15, 0.2) is 5.69 Å². The highest BCUT2D eigenvalue weighted by molar-refractivity contribution is 7.09. The van der Waals surface area contributed by atoms with Crippen LogP contribution < -0.4 is 0 Å².